The second-order valence-electron chi connectivity index (χ2n) is 8.84. The minimum atomic E-state index is -2.91. The Morgan fingerprint density at radius 2 is 2.00 bits per heavy atom. The van der Waals surface area contributed by atoms with Crippen LogP contribution < -0.4 is 0 Å². The van der Waals surface area contributed by atoms with Crippen LogP contribution in [0.5, 0.6) is 0 Å². The van der Waals surface area contributed by atoms with Crippen LogP contribution in [-0.2, 0) is 9.84 Å². The van der Waals surface area contributed by atoms with E-state index in [9.17, 15) is 13.2 Å². The first-order chi connectivity index (χ1) is 15.3. The first-order valence-electron chi connectivity index (χ1n) is 11.0. The zero-order valence-electron chi connectivity index (χ0n) is 18.3. The van der Waals surface area contributed by atoms with E-state index in [1.54, 1.807) is 17.5 Å². The Labute approximate surface area is 191 Å². The molecule has 0 N–H and O–H groups in total. The molecule has 0 aromatic carbocycles. The zero-order valence-corrected chi connectivity index (χ0v) is 19.9. The number of carbonyl (C=O) groups excluding carboxylic acids is 1. The second kappa shape index (κ2) is 8.24. The van der Waals surface area contributed by atoms with Gasteiger partial charge in [0.1, 0.15) is 0 Å². The number of aromatic nitrogens is 3. The third kappa shape index (κ3) is 3.95. The van der Waals surface area contributed by atoms with Crippen LogP contribution in [0, 0.1) is 0 Å². The number of amides is 1. The molecule has 32 heavy (non-hydrogen) atoms. The molecule has 0 aliphatic carbocycles. The lowest BCUT2D eigenvalue weighted by atomic mass is 10.1. The highest BCUT2D eigenvalue weighted by Gasteiger charge is 2.35. The van der Waals surface area contributed by atoms with E-state index in [0.29, 0.717) is 38.2 Å². The van der Waals surface area contributed by atoms with Gasteiger partial charge in [-0.1, -0.05) is 6.07 Å². The summed E-state index contributed by atoms with van der Waals surface area (Å²) in [5.74, 6) is 0.499. The molecule has 5 rings (SSSR count). The molecule has 1 amide bonds. The van der Waals surface area contributed by atoms with E-state index in [-0.39, 0.29) is 29.5 Å². The fourth-order valence-electron chi connectivity index (χ4n) is 4.65. The Balaban J connectivity index is 1.42. The lowest BCUT2D eigenvalue weighted by molar-refractivity contribution is 0.0589. The average Bonchev–Trinajstić information content (AvgIpc) is 3.52. The van der Waals surface area contributed by atoms with Crippen LogP contribution in [0.15, 0.2) is 29.8 Å². The van der Waals surface area contributed by atoms with E-state index < -0.39 is 9.84 Å². The summed E-state index contributed by atoms with van der Waals surface area (Å²) in [4.78, 5) is 23.6. The Morgan fingerprint density at radius 1 is 1.22 bits per heavy atom. The van der Waals surface area contributed by atoms with Gasteiger partial charge in [0.05, 0.1) is 39.2 Å². The summed E-state index contributed by atoms with van der Waals surface area (Å²) in [5, 5.41) is 7.28. The van der Waals surface area contributed by atoms with Crippen molar-refractivity contribution in [3.63, 3.8) is 0 Å². The molecule has 10 heteroatoms. The number of hydrogen-bond acceptors (Lipinski definition) is 7. The van der Waals surface area contributed by atoms with Gasteiger partial charge in [-0.05, 0) is 37.8 Å². The predicted molar refractivity (Wildman–Crippen MR) is 126 cm³/mol. The summed E-state index contributed by atoms with van der Waals surface area (Å²) in [7, 11) is -2.91. The van der Waals surface area contributed by atoms with Crippen LogP contribution in [0.25, 0.3) is 21.6 Å². The minimum Gasteiger partial charge on any atom is -0.336 e. The maximum Gasteiger partial charge on any atom is 0.254 e. The summed E-state index contributed by atoms with van der Waals surface area (Å²) in [6.45, 7) is 6.68. The number of nitrogens with zero attached hydrogens (tertiary/aromatic N) is 5. The first-order valence-corrected chi connectivity index (χ1v) is 13.7. The number of carbonyl (C=O) groups is 1. The van der Waals surface area contributed by atoms with Crippen molar-refractivity contribution >= 4 is 38.1 Å². The van der Waals surface area contributed by atoms with E-state index in [2.05, 4.69) is 23.8 Å². The van der Waals surface area contributed by atoms with Crippen molar-refractivity contribution < 1.29 is 13.2 Å². The molecular weight excluding hydrogens is 446 g/mol. The van der Waals surface area contributed by atoms with Gasteiger partial charge in [-0.3, -0.25) is 9.69 Å². The number of rotatable bonds is 4. The topological polar surface area (TPSA) is 88.4 Å². The van der Waals surface area contributed by atoms with Gasteiger partial charge in [-0.2, -0.15) is 5.10 Å². The molecular formula is C22H27N5O3S2. The van der Waals surface area contributed by atoms with E-state index in [4.69, 9.17) is 4.98 Å². The van der Waals surface area contributed by atoms with Crippen LogP contribution in [0.1, 0.15) is 36.7 Å². The SMILES string of the molecule is CC(C)n1ncc2c(C(=O)N3CCN(C4CCS(=O)(=O)C4)CC3)cc(-c3cccs3)nc21. The molecule has 2 aliphatic rings. The average molecular weight is 474 g/mol. The van der Waals surface area contributed by atoms with Gasteiger partial charge in [-0.15, -0.1) is 11.3 Å². The van der Waals surface area contributed by atoms with Crippen molar-refractivity contribution in [2.75, 3.05) is 37.7 Å². The normalized spacial score (nSPS) is 21.6. The molecule has 5 heterocycles. The molecule has 3 aromatic rings. The van der Waals surface area contributed by atoms with E-state index in [1.807, 2.05) is 33.2 Å². The van der Waals surface area contributed by atoms with Crippen LogP contribution in [0.3, 0.4) is 0 Å². The molecule has 8 nitrogen and oxygen atoms in total. The van der Waals surface area contributed by atoms with Crippen molar-refractivity contribution in [1.82, 2.24) is 24.6 Å². The Bertz CT molecular complexity index is 1240. The highest BCUT2D eigenvalue weighted by atomic mass is 32.2. The van der Waals surface area contributed by atoms with Crippen molar-refractivity contribution in [3.05, 3.63) is 35.3 Å². The Morgan fingerprint density at radius 3 is 2.62 bits per heavy atom. The molecule has 2 saturated heterocycles. The largest absolute Gasteiger partial charge is 0.336 e. The molecule has 1 atom stereocenters. The lowest BCUT2D eigenvalue weighted by Gasteiger charge is -2.37. The third-order valence-electron chi connectivity index (χ3n) is 6.39. The molecule has 170 valence electrons. The zero-order chi connectivity index (χ0) is 22.5. The summed E-state index contributed by atoms with van der Waals surface area (Å²) < 4.78 is 25.5. The third-order valence-corrected chi connectivity index (χ3v) is 9.03. The number of fused-ring (bicyclic) bond motifs is 1. The number of thiophene rings is 1. The standard InChI is InChI=1S/C22H27N5O3S2/c1-15(2)27-21-18(13-23-27)17(12-19(24-21)20-4-3-10-31-20)22(28)26-8-6-25(7-9-26)16-5-11-32(29,30)14-16/h3-4,10,12-13,15-16H,5-9,11,14H2,1-2H3. The van der Waals surface area contributed by atoms with Crippen LogP contribution in [-0.4, -0.2) is 82.6 Å². The lowest BCUT2D eigenvalue weighted by Crippen LogP contribution is -2.52. The van der Waals surface area contributed by atoms with Gasteiger partial charge in [0.15, 0.2) is 15.5 Å². The fraction of sp³-hybridized carbons (Fsp3) is 0.500. The van der Waals surface area contributed by atoms with Crippen molar-refractivity contribution in [3.8, 4) is 10.6 Å². The number of piperazine rings is 1. The fourth-order valence-corrected chi connectivity index (χ4v) is 7.10. The number of sulfone groups is 1. The monoisotopic (exact) mass is 473 g/mol. The Kier molecular flexibility index (Phi) is 5.55. The Hall–Kier alpha value is -2.30. The van der Waals surface area contributed by atoms with Crippen LogP contribution in [0.4, 0.5) is 0 Å². The maximum absolute atomic E-state index is 13.6. The summed E-state index contributed by atoms with van der Waals surface area (Å²) in [6, 6.07) is 6.10. The van der Waals surface area contributed by atoms with E-state index in [0.717, 1.165) is 21.6 Å². The molecule has 2 fully saturated rings. The van der Waals surface area contributed by atoms with E-state index in [1.165, 1.54) is 0 Å². The molecule has 0 spiro atoms. The minimum absolute atomic E-state index is 0.0165. The van der Waals surface area contributed by atoms with Crippen LogP contribution in [0.2, 0.25) is 0 Å². The maximum atomic E-state index is 13.6. The first kappa shape index (κ1) is 21.5. The molecule has 0 bridgehead atoms. The molecule has 2 aliphatic heterocycles. The molecule has 0 saturated carbocycles. The smallest absolute Gasteiger partial charge is 0.254 e. The van der Waals surface area contributed by atoms with Crippen LogP contribution >= 0.6 is 11.3 Å². The van der Waals surface area contributed by atoms with Gasteiger partial charge < -0.3 is 4.90 Å². The molecule has 3 aromatic heterocycles. The van der Waals surface area contributed by atoms with Gasteiger partial charge in [-0.25, -0.2) is 18.1 Å². The quantitative estimate of drug-likeness (QED) is 0.579. The highest BCUT2D eigenvalue weighted by molar-refractivity contribution is 7.91. The van der Waals surface area contributed by atoms with Gasteiger partial charge >= 0.3 is 0 Å². The van der Waals surface area contributed by atoms with Gasteiger partial charge in [0, 0.05) is 38.3 Å². The number of hydrogen-bond donors (Lipinski definition) is 0. The predicted octanol–water partition coefficient (Wildman–Crippen LogP) is 2.69. The summed E-state index contributed by atoms with van der Waals surface area (Å²) >= 11 is 1.60. The summed E-state index contributed by atoms with van der Waals surface area (Å²) in [6.07, 6.45) is 2.44. The molecule has 1 unspecified atom stereocenters. The highest BCUT2D eigenvalue weighted by Crippen LogP contribution is 2.30. The number of pyridine rings is 1. The molecule has 0 radical (unpaired) electrons. The van der Waals surface area contributed by atoms with Gasteiger partial charge in [0.25, 0.3) is 5.91 Å². The van der Waals surface area contributed by atoms with Crippen molar-refractivity contribution in [1.29, 1.82) is 0 Å². The summed E-state index contributed by atoms with van der Waals surface area (Å²) in [5.41, 5.74) is 2.14. The van der Waals surface area contributed by atoms with Crippen molar-refractivity contribution in [2.24, 2.45) is 0 Å². The van der Waals surface area contributed by atoms with Gasteiger partial charge in [0.2, 0.25) is 0 Å². The second-order valence-corrected chi connectivity index (χ2v) is 12.0. The van der Waals surface area contributed by atoms with Crippen molar-refractivity contribution in [2.45, 2.75) is 32.4 Å². The van der Waals surface area contributed by atoms with E-state index >= 15 is 0 Å².